The molecule has 0 bridgehead atoms. The Morgan fingerprint density at radius 3 is 3.03 bits per heavy atom. The molecule has 3 heterocycles. The van der Waals surface area contributed by atoms with Crippen molar-refractivity contribution in [2.75, 3.05) is 5.32 Å². The van der Waals surface area contributed by atoms with Crippen LogP contribution in [0.15, 0.2) is 47.7 Å². The highest BCUT2D eigenvalue weighted by Gasteiger charge is 2.22. The first-order valence-corrected chi connectivity index (χ1v) is 8.82. The highest BCUT2D eigenvalue weighted by atomic mass is 35.5. The van der Waals surface area contributed by atoms with Crippen molar-refractivity contribution in [2.24, 2.45) is 0 Å². The molecule has 4 rings (SSSR count). The lowest BCUT2D eigenvalue weighted by atomic mass is 10.1. The van der Waals surface area contributed by atoms with Gasteiger partial charge < -0.3 is 10.1 Å². The van der Waals surface area contributed by atoms with Crippen LogP contribution >= 0.6 is 11.6 Å². The van der Waals surface area contributed by atoms with Crippen LogP contribution in [0.4, 0.5) is 10.1 Å². The topological polar surface area (TPSA) is 117 Å². The summed E-state index contributed by atoms with van der Waals surface area (Å²) >= 11 is 6.07. The van der Waals surface area contributed by atoms with E-state index in [-0.39, 0.29) is 22.6 Å². The van der Waals surface area contributed by atoms with Crippen LogP contribution < -0.4 is 15.6 Å². The van der Waals surface area contributed by atoms with Crippen molar-refractivity contribution in [3.63, 3.8) is 0 Å². The molecule has 0 saturated heterocycles. The average molecular weight is 417 g/mol. The highest BCUT2D eigenvalue weighted by Crippen LogP contribution is 2.36. The maximum atomic E-state index is 13.4. The largest absolute Gasteiger partial charge is 0.460 e. The Hall–Kier alpha value is -3.66. The summed E-state index contributed by atoms with van der Waals surface area (Å²) in [4.78, 5) is 29.0. The quantitative estimate of drug-likeness (QED) is 0.462. The summed E-state index contributed by atoms with van der Waals surface area (Å²) in [6.45, 7) is 1.24. The molecule has 1 aromatic carbocycles. The van der Waals surface area contributed by atoms with Gasteiger partial charge in [0.15, 0.2) is 11.2 Å². The number of rotatable bonds is 5. The van der Waals surface area contributed by atoms with Crippen LogP contribution in [-0.2, 0) is 0 Å². The third-order valence-corrected chi connectivity index (χ3v) is 4.27. The third-order valence-electron chi connectivity index (χ3n) is 4.03. The van der Waals surface area contributed by atoms with Crippen LogP contribution in [0.25, 0.3) is 16.9 Å². The number of fused-ring (bicyclic) bond motifs is 1. The van der Waals surface area contributed by atoms with Crippen LogP contribution in [0.5, 0.6) is 5.75 Å². The number of hydrogen-bond donors (Lipinski definition) is 3. The van der Waals surface area contributed by atoms with Gasteiger partial charge in [0.1, 0.15) is 5.75 Å². The first kappa shape index (κ1) is 18.7. The molecule has 4 aromatic rings. The Kier molecular flexibility index (Phi) is 4.77. The Labute approximate surface area is 167 Å². The Morgan fingerprint density at radius 1 is 1.41 bits per heavy atom. The maximum absolute atomic E-state index is 13.4. The minimum absolute atomic E-state index is 0.155. The third kappa shape index (κ3) is 3.57. The molecule has 1 unspecified atom stereocenters. The summed E-state index contributed by atoms with van der Waals surface area (Å²) in [7, 11) is 0. The summed E-state index contributed by atoms with van der Waals surface area (Å²) in [5.41, 5.74) is 0.413. The number of H-pyrrole nitrogens is 2. The van der Waals surface area contributed by atoms with E-state index in [9.17, 15) is 14.0 Å². The number of anilines is 1. The van der Waals surface area contributed by atoms with Gasteiger partial charge in [-0.15, -0.1) is 0 Å². The number of nitrogens with one attached hydrogen (secondary N) is 3. The van der Waals surface area contributed by atoms with Gasteiger partial charge in [0.05, 0.1) is 17.6 Å². The predicted molar refractivity (Wildman–Crippen MR) is 104 cm³/mol. The zero-order valence-corrected chi connectivity index (χ0v) is 15.7. The van der Waals surface area contributed by atoms with Crippen LogP contribution in [-0.4, -0.2) is 37.1 Å². The molecule has 3 N–H and O–H groups in total. The van der Waals surface area contributed by atoms with Crippen molar-refractivity contribution < 1.29 is 13.9 Å². The number of carbonyl (C=O) groups is 1. The van der Waals surface area contributed by atoms with Crippen molar-refractivity contribution in [3.05, 3.63) is 63.8 Å². The first-order chi connectivity index (χ1) is 13.9. The number of amides is 1. The summed E-state index contributed by atoms with van der Waals surface area (Å²) < 4.78 is 19.9. The zero-order chi connectivity index (χ0) is 20.5. The van der Waals surface area contributed by atoms with Gasteiger partial charge in [0.25, 0.3) is 11.5 Å². The molecule has 29 heavy (non-hydrogen) atoms. The molecule has 0 aliphatic carbocycles. The van der Waals surface area contributed by atoms with Crippen molar-refractivity contribution in [2.45, 2.75) is 13.3 Å². The Bertz CT molecular complexity index is 1260. The van der Waals surface area contributed by atoms with E-state index in [4.69, 9.17) is 16.3 Å². The fraction of sp³-hybridized carbons (Fsp3) is 0.111. The number of halogens is 2. The number of aromatic amines is 2. The predicted octanol–water partition coefficient (Wildman–Crippen LogP) is 3.01. The van der Waals surface area contributed by atoms with E-state index < -0.39 is 17.8 Å². The summed E-state index contributed by atoms with van der Waals surface area (Å²) in [6.07, 6.45) is 2.83. The van der Waals surface area contributed by atoms with E-state index in [1.807, 2.05) is 0 Å². The lowest BCUT2D eigenvalue weighted by molar-refractivity contribution is 0.0866. The number of alkyl halides is 1. The van der Waals surface area contributed by atoms with E-state index in [1.54, 1.807) is 24.4 Å². The van der Waals surface area contributed by atoms with Crippen molar-refractivity contribution in [3.8, 4) is 17.0 Å². The minimum atomic E-state index is -1.56. The smallest absolute Gasteiger partial charge is 0.279 e. The van der Waals surface area contributed by atoms with E-state index >= 15 is 0 Å². The highest BCUT2D eigenvalue weighted by molar-refractivity contribution is 6.31. The molecule has 11 heteroatoms. The van der Waals surface area contributed by atoms with Gasteiger partial charge in [-0.1, -0.05) is 11.6 Å². The normalized spacial score (nSPS) is 12.1. The van der Waals surface area contributed by atoms with Crippen LogP contribution in [0, 0.1) is 0 Å². The van der Waals surface area contributed by atoms with Gasteiger partial charge in [0.2, 0.25) is 6.36 Å². The molecule has 1 amide bonds. The molecule has 1 atom stereocenters. The van der Waals surface area contributed by atoms with Gasteiger partial charge >= 0.3 is 0 Å². The molecule has 0 saturated carbocycles. The van der Waals surface area contributed by atoms with E-state index in [0.29, 0.717) is 16.3 Å². The first-order valence-electron chi connectivity index (χ1n) is 8.45. The summed E-state index contributed by atoms with van der Waals surface area (Å²) in [5, 5.41) is 12.2. The standard InChI is InChI=1S/C18H14ClFN6O3/c1-9(20)29-13-4-3-10(19)7-11(13)15-12(8-22-24-15)23-17(27)14-16-21-5-2-6-26(16)25-18(14)28/h2-9H,1H3,(H,22,24)(H,23,27)(H,25,28). The number of aromatic nitrogens is 5. The maximum Gasteiger partial charge on any atom is 0.279 e. The van der Waals surface area contributed by atoms with Crippen molar-refractivity contribution >= 4 is 28.8 Å². The van der Waals surface area contributed by atoms with E-state index in [2.05, 4.69) is 25.6 Å². The molecule has 0 fully saturated rings. The van der Waals surface area contributed by atoms with Crippen LogP contribution in [0.1, 0.15) is 17.3 Å². The second-order valence-electron chi connectivity index (χ2n) is 6.04. The monoisotopic (exact) mass is 416 g/mol. The van der Waals surface area contributed by atoms with Gasteiger partial charge in [0, 0.05) is 29.9 Å². The van der Waals surface area contributed by atoms with Gasteiger partial charge in [-0.25, -0.2) is 13.9 Å². The lowest BCUT2D eigenvalue weighted by Crippen LogP contribution is -2.20. The zero-order valence-electron chi connectivity index (χ0n) is 14.9. The molecule has 9 nitrogen and oxygen atoms in total. The van der Waals surface area contributed by atoms with Crippen molar-refractivity contribution in [1.29, 1.82) is 0 Å². The molecule has 0 radical (unpaired) electrons. The number of ether oxygens (including phenoxy) is 1. The average Bonchev–Trinajstić information content (AvgIpc) is 3.25. The van der Waals surface area contributed by atoms with Crippen molar-refractivity contribution in [1.82, 2.24) is 24.8 Å². The number of carbonyl (C=O) groups excluding carboxylic acids is 1. The fourth-order valence-corrected chi connectivity index (χ4v) is 3.04. The lowest BCUT2D eigenvalue weighted by Gasteiger charge is -2.13. The Balaban J connectivity index is 1.72. The Morgan fingerprint density at radius 2 is 2.24 bits per heavy atom. The summed E-state index contributed by atoms with van der Waals surface area (Å²) in [5.74, 6) is -0.476. The number of hydrogen-bond acceptors (Lipinski definition) is 5. The number of benzene rings is 1. The molecule has 0 aliphatic heterocycles. The second-order valence-corrected chi connectivity index (χ2v) is 6.48. The van der Waals surface area contributed by atoms with Crippen LogP contribution in [0.2, 0.25) is 5.02 Å². The molecular weight excluding hydrogens is 403 g/mol. The molecular formula is C18H14ClFN6O3. The van der Waals surface area contributed by atoms with Gasteiger partial charge in [-0.3, -0.25) is 19.8 Å². The minimum Gasteiger partial charge on any atom is -0.460 e. The van der Waals surface area contributed by atoms with Gasteiger partial charge in [-0.05, 0) is 24.3 Å². The van der Waals surface area contributed by atoms with Gasteiger partial charge in [-0.2, -0.15) is 5.10 Å². The van der Waals surface area contributed by atoms with Crippen LogP contribution in [0.3, 0.4) is 0 Å². The van der Waals surface area contributed by atoms with E-state index in [0.717, 1.165) is 0 Å². The van der Waals surface area contributed by atoms with E-state index in [1.165, 1.54) is 29.9 Å². The fourth-order valence-electron chi connectivity index (χ4n) is 2.86. The molecule has 3 aromatic heterocycles. The second kappa shape index (κ2) is 7.40. The molecule has 0 aliphatic rings. The molecule has 0 spiro atoms. The SMILES string of the molecule is CC(F)Oc1ccc(Cl)cc1-c1[nH]ncc1NC(=O)c1c(=O)[nH]n2cccnc12. The molecule has 148 valence electrons. The number of nitrogens with zero attached hydrogens (tertiary/aromatic N) is 3. The summed E-state index contributed by atoms with van der Waals surface area (Å²) in [6, 6.07) is 6.22.